The topological polar surface area (TPSA) is 122 Å². The number of hydrogen-bond donors (Lipinski definition) is 3. The number of aryl methyl sites for hydroxylation is 1. The first-order valence-corrected chi connectivity index (χ1v) is 18.4. The van der Waals surface area contributed by atoms with Gasteiger partial charge in [0, 0.05) is 60.7 Å². The summed E-state index contributed by atoms with van der Waals surface area (Å²) in [7, 11) is 1.90. The SMILES string of the molecule is C=N/C(=C\c1cc(-c2ccc(N3CCCCC3)cc2Nc2cccnc2)n/c(=N/N)n1C)c1ccc(CCCCCCC)cc1Nc1cccnc1. The molecule has 10 heteroatoms. The fourth-order valence-electron chi connectivity index (χ4n) is 6.71. The van der Waals surface area contributed by atoms with Gasteiger partial charge in [-0.3, -0.25) is 15.0 Å². The molecule has 0 saturated carbocycles. The second kappa shape index (κ2) is 17.9. The molecule has 1 aliphatic heterocycles. The Morgan fingerprint density at radius 3 is 2.27 bits per heavy atom. The van der Waals surface area contributed by atoms with Gasteiger partial charge in [-0.15, -0.1) is 5.10 Å². The number of hydrogen-bond acceptors (Lipinski definition) is 9. The van der Waals surface area contributed by atoms with Crippen molar-refractivity contribution in [1.29, 1.82) is 0 Å². The molecule has 52 heavy (non-hydrogen) atoms. The van der Waals surface area contributed by atoms with Crippen LogP contribution in [0.25, 0.3) is 23.0 Å². The number of aromatic nitrogens is 4. The molecule has 3 aromatic heterocycles. The molecule has 0 atom stereocenters. The fourth-order valence-corrected chi connectivity index (χ4v) is 6.71. The predicted octanol–water partition coefficient (Wildman–Crippen LogP) is 8.84. The number of aliphatic imine (C=N–C) groups is 1. The molecule has 0 unspecified atom stereocenters. The van der Waals surface area contributed by atoms with E-state index in [-0.39, 0.29) is 0 Å². The normalized spacial score (nSPS) is 13.6. The van der Waals surface area contributed by atoms with Gasteiger partial charge in [0.1, 0.15) is 0 Å². The van der Waals surface area contributed by atoms with Crippen molar-refractivity contribution in [2.45, 2.75) is 64.7 Å². The van der Waals surface area contributed by atoms with Gasteiger partial charge in [0.15, 0.2) is 0 Å². The fraction of sp³-hybridized carbons (Fsp3) is 0.310. The molecule has 2 aromatic carbocycles. The van der Waals surface area contributed by atoms with Crippen LogP contribution in [0, 0.1) is 0 Å². The number of unbranched alkanes of at least 4 members (excludes halogenated alkanes) is 4. The Morgan fingerprint density at radius 2 is 1.60 bits per heavy atom. The van der Waals surface area contributed by atoms with Crippen molar-refractivity contribution < 1.29 is 0 Å². The van der Waals surface area contributed by atoms with Gasteiger partial charge in [-0.1, -0.05) is 44.7 Å². The maximum Gasteiger partial charge on any atom is 0.247 e. The number of nitrogens with two attached hydrogens (primary N) is 1. The van der Waals surface area contributed by atoms with Crippen LogP contribution in [-0.4, -0.2) is 39.3 Å². The zero-order valence-corrected chi connectivity index (χ0v) is 30.4. The average Bonchev–Trinajstić information content (AvgIpc) is 3.19. The lowest BCUT2D eigenvalue weighted by molar-refractivity contribution is 0.578. The molecule has 4 heterocycles. The van der Waals surface area contributed by atoms with Crippen LogP contribution in [-0.2, 0) is 13.5 Å². The van der Waals surface area contributed by atoms with E-state index in [1.807, 2.05) is 60.4 Å². The first-order chi connectivity index (χ1) is 25.6. The zero-order valence-electron chi connectivity index (χ0n) is 30.4. The summed E-state index contributed by atoms with van der Waals surface area (Å²) in [6.07, 6.45) is 20.1. The quantitative estimate of drug-likeness (QED) is 0.0433. The van der Waals surface area contributed by atoms with Crippen molar-refractivity contribution in [1.82, 2.24) is 19.5 Å². The van der Waals surface area contributed by atoms with E-state index in [0.717, 1.165) is 71.2 Å². The molecule has 0 radical (unpaired) electrons. The van der Waals surface area contributed by atoms with E-state index in [1.165, 1.54) is 56.2 Å². The minimum Gasteiger partial charge on any atom is -0.371 e. The maximum atomic E-state index is 5.96. The van der Waals surface area contributed by atoms with Crippen molar-refractivity contribution in [2.75, 3.05) is 28.6 Å². The Balaban J connectivity index is 1.41. The van der Waals surface area contributed by atoms with Crippen LogP contribution in [0.3, 0.4) is 0 Å². The molecule has 10 nitrogen and oxygen atoms in total. The maximum absolute atomic E-state index is 5.96. The third kappa shape index (κ3) is 9.11. The van der Waals surface area contributed by atoms with E-state index in [0.29, 0.717) is 11.3 Å². The highest BCUT2D eigenvalue weighted by Crippen LogP contribution is 2.35. The molecule has 0 spiro atoms. The van der Waals surface area contributed by atoms with Crippen molar-refractivity contribution in [3.05, 3.63) is 114 Å². The molecule has 4 N–H and O–H groups in total. The van der Waals surface area contributed by atoms with Crippen molar-refractivity contribution in [3.8, 4) is 11.3 Å². The first kappa shape index (κ1) is 36.0. The Labute approximate surface area is 307 Å². The Kier molecular flexibility index (Phi) is 12.4. The molecule has 6 rings (SSSR count). The number of rotatable bonds is 15. The summed E-state index contributed by atoms with van der Waals surface area (Å²) in [5, 5.41) is 11.3. The van der Waals surface area contributed by atoms with E-state index < -0.39 is 0 Å². The first-order valence-electron chi connectivity index (χ1n) is 18.4. The number of anilines is 5. The van der Waals surface area contributed by atoms with Gasteiger partial charge in [-0.25, -0.2) is 4.98 Å². The van der Waals surface area contributed by atoms with Gasteiger partial charge in [-0.2, -0.15) is 0 Å². The molecule has 0 bridgehead atoms. The minimum absolute atomic E-state index is 0.381. The molecular weight excluding hydrogens is 645 g/mol. The van der Waals surface area contributed by atoms with Crippen LogP contribution in [0.2, 0.25) is 0 Å². The second-order valence-electron chi connectivity index (χ2n) is 13.3. The van der Waals surface area contributed by atoms with Gasteiger partial charge in [0.25, 0.3) is 0 Å². The van der Waals surface area contributed by atoms with E-state index in [9.17, 15) is 0 Å². The lowest BCUT2D eigenvalue weighted by atomic mass is 10.0. The van der Waals surface area contributed by atoms with Crippen LogP contribution in [0.5, 0.6) is 0 Å². The van der Waals surface area contributed by atoms with Crippen LogP contribution >= 0.6 is 0 Å². The minimum atomic E-state index is 0.381. The van der Waals surface area contributed by atoms with Crippen molar-refractivity contribution >= 4 is 46.9 Å². The summed E-state index contributed by atoms with van der Waals surface area (Å²) >= 11 is 0. The van der Waals surface area contributed by atoms with Gasteiger partial charge in [0.2, 0.25) is 5.62 Å². The van der Waals surface area contributed by atoms with Gasteiger partial charge in [0.05, 0.1) is 40.8 Å². The standard InChI is InChI=1S/C42H50N10/c1-4-5-6-7-9-14-31-17-19-36(39(25-31)47-32-15-12-21-45-29-32)38(44-2)27-35-28-41(49-42(50-43)51(35)3)37-20-18-34(52-23-10-8-11-24-52)26-40(37)48-33-16-13-22-46-30-33/h12-13,15-22,25-30,47-48H,2,4-11,14,23-24,43H2,1,3H3/b38-27-,50-42-. The lowest BCUT2D eigenvalue weighted by Gasteiger charge is -2.29. The number of piperidine rings is 1. The molecule has 1 fully saturated rings. The summed E-state index contributed by atoms with van der Waals surface area (Å²) in [5.74, 6) is 5.96. The molecule has 5 aromatic rings. The molecule has 268 valence electrons. The van der Waals surface area contributed by atoms with E-state index in [2.05, 4.69) is 85.6 Å². The highest BCUT2D eigenvalue weighted by atomic mass is 15.2. The van der Waals surface area contributed by atoms with Crippen LogP contribution in [0.4, 0.5) is 28.4 Å². The second-order valence-corrected chi connectivity index (χ2v) is 13.3. The summed E-state index contributed by atoms with van der Waals surface area (Å²) < 4.78 is 1.86. The largest absolute Gasteiger partial charge is 0.371 e. The van der Waals surface area contributed by atoms with Crippen molar-refractivity contribution in [2.24, 2.45) is 23.0 Å². The molecular formula is C42H50N10. The number of pyridine rings is 2. The zero-order chi connectivity index (χ0) is 36.1. The Morgan fingerprint density at radius 1 is 0.865 bits per heavy atom. The summed E-state index contributed by atoms with van der Waals surface area (Å²) in [5.41, 5.74) is 10.6. The summed E-state index contributed by atoms with van der Waals surface area (Å²) in [6, 6.07) is 23.0. The monoisotopic (exact) mass is 694 g/mol. The van der Waals surface area contributed by atoms with Crippen LogP contribution in [0.15, 0.2) is 102 Å². The van der Waals surface area contributed by atoms with Gasteiger partial charge >= 0.3 is 0 Å². The van der Waals surface area contributed by atoms with E-state index in [4.69, 9.17) is 10.8 Å². The molecule has 0 amide bonds. The average molecular weight is 695 g/mol. The number of nitrogens with one attached hydrogen (secondary N) is 2. The number of benzene rings is 2. The number of nitrogens with zero attached hydrogens (tertiary/aromatic N) is 7. The Hall–Kier alpha value is -5.77. The summed E-state index contributed by atoms with van der Waals surface area (Å²) in [6.45, 7) is 8.34. The third-order valence-electron chi connectivity index (χ3n) is 9.57. The van der Waals surface area contributed by atoms with Gasteiger partial charge < -0.3 is 25.9 Å². The van der Waals surface area contributed by atoms with Crippen LogP contribution < -0.4 is 27.0 Å². The highest BCUT2D eigenvalue weighted by Gasteiger charge is 2.17. The van der Waals surface area contributed by atoms with E-state index >= 15 is 0 Å². The Bertz CT molecular complexity index is 2030. The smallest absolute Gasteiger partial charge is 0.247 e. The van der Waals surface area contributed by atoms with E-state index in [1.54, 1.807) is 12.4 Å². The predicted molar refractivity (Wildman–Crippen MR) is 216 cm³/mol. The van der Waals surface area contributed by atoms with Crippen LogP contribution in [0.1, 0.15) is 75.1 Å². The molecule has 0 aliphatic carbocycles. The lowest BCUT2D eigenvalue weighted by Crippen LogP contribution is -2.29. The third-order valence-corrected chi connectivity index (χ3v) is 9.57. The molecule has 1 saturated heterocycles. The molecule has 1 aliphatic rings. The highest BCUT2D eigenvalue weighted by molar-refractivity contribution is 5.89. The van der Waals surface area contributed by atoms with Crippen molar-refractivity contribution in [3.63, 3.8) is 0 Å². The van der Waals surface area contributed by atoms with Gasteiger partial charge in [-0.05, 0) is 105 Å². The summed E-state index contributed by atoms with van der Waals surface area (Å²) in [4.78, 5) is 20.6.